The molecule has 88 valence electrons. The van der Waals surface area contributed by atoms with Crippen LogP contribution in [0.2, 0.25) is 0 Å². The summed E-state index contributed by atoms with van der Waals surface area (Å²) in [5.41, 5.74) is 3.74. The Morgan fingerprint density at radius 1 is 1.56 bits per heavy atom. The van der Waals surface area contributed by atoms with Crippen molar-refractivity contribution in [1.29, 1.82) is 0 Å². The normalized spacial score (nSPS) is 10.8. The molecular formula is C9H9F3N2O2. The molecule has 16 heavy (non-hydrogen) atoms. The summed E-state index contributed by atoms with van der Waals surface area (Å²) in [4.78, 5) is 13.7. The van der Waals surface area contributed by atoms with Gasteiger partial charge in [0.15, 0.2) is 0 Å². The summed E-state index contributed by atoms with van der Waals surface area (Å²) < 4.78 is 38.2. The van der Waals surface area contributed by atoms with Gasteiger partial charge in [-0.2, -0.15) is 0 Å². The fourth-order valence-corrected chi connectivity index (χ4v) is 1.22. The molecule has 4 nitrogen and oxygen atoms in total. The minimum Gasteiger partial charge on any atom is -0.481 e. The lowest BCUT2D eigenvalue weighted by atomic mass is 10.1. The predicted molar refractivity (Wildman–Crippen MR) is 48.4 cm³/mol. The summed E-state index contributed by atoms with van der Waals surface area (Å²) >= 11 is 0. The second-order valence-electron chi connectivity index (χ2n) is 3.04. The molecule has 0 unspecified atom stereocenters. The zero-order valence-electron chi connectivity index (χ0n) is 8.08. The molecule has 1 heterocycles. The smallest absolute Gasteiger partial charge is 0.307 e. The van der Waals surface area contributed by atoms with Gasteiger partial charge in [-0.25, -0.2) is 18.2 Å². The molecular weight excluding hydrogens is 225 g/mol. The Morgan fingerprint density at radius 3 is 2.62 bits per heavy atom. The van der Waals surface area contributed by atoms with E-state index < -0.39 is 30.3 Å². The van der Waals surface area contributed by atoms with E-state index >= 15 is 0 Å². The number of pyridine rings is 1. The Labute approximate surface area is 88.9 Å². The van der Waals surface area contributed by atoms with E-state index in [2.05, 4.69) is 4.98 Å². The third-order valence-corrected chi connectivity index (χ3v) is 1.90. The maximum absolute atomic E-state index is 13.2. The molecule has 1 rings (SSSR count). The lowest BCUT2D eigenvalue weighted by molar-refractivity contribution is -0.136. The number of aliphatic carboxylic acids is 1. The molecule has 1 aromatic heterocycles. The minimum atomic E-state index is -2.96. The van der Waals surface area contributed by atoms with Crippen molar-refractivity contribution in [3.63, 3.8) is 0 Å². The molecule has 0 radical (unpaired) electrons. The van der Waals surface area contributed by atoms with E-state index in [0.29, 0.717) is 0 Å². The summed E-state index contributed by atoms with van der Waals surface area (Å²) in [6, 6.07) is 0.741. The Kier molecular flexibility index (Phi) is 3.83. The summed E-state index contributed by atoms with van der Waals surface area (Å²) in [6.07, 6.45) is -3.66. The van der Waals surface area contributed by atoms with Crippen molar-refractivity contribution in [3.05, 3.63) is 28.8 Å². The first-order valence-electron chi connectivity index (χ1n) is 4.34. The van der Waals surface area contributed by atoms with Crippen LogP contribution < -0.4 is 5.73 Å². The number of halogens is 3. The SMILES string of the molecule is NCc1nc(C(F)F)c(CC(=O)O)cc1F. The number of alkyl halides is 2. The molecule has 7 heteroatoms. The molecule has 0 bridgehead atoms. The number of hydrogen-bond donors (Lipinski definition) is 2. The molecule has 0 saturated heterocycles. The fourth-order valence-electron chi connectivity index (χ4n) is 1.22. The fraction of sp³-hybridized carbons (Fsp3) is 0.333. The molecule has 0 saturated carbocycles. The predicted octanol–water partition coefficient (Wildman–Crippen LogP) is 1.24. The Morgan fingerprint density at radius 2 is 2.19 bits per heavy atom. The highest BCUT2D eigenvalue weighted by molar-refractivity contribution is 5.70. The van der Waals surface area contributed by atoms with Crippen LogP contribution in [0.3, 0.4) is 0 Å². The molecule has 0 atom stereocenters. The van der Waals surface area contributed by atoms with Crippen molar-refractivity contribution in [1.82, 2.24) is 4.98 Å². The van der Waals surface area contributed by atoms with Gasteiger partial charge in [-0.3, -0.25) is 4.79 Å². The largest absolute Gasteiger partial charge is 0.481 e. The lowest BCUT2D eigenvalue weighted by Crippen LogP contribution is -2.11. The highest BCUT2D eigenvalue weighted by Crippen LogP contribution is 2.23. The third-order valence-electron chi connectivity index (χ3n) is 1.90. The highest BCUT2D eigenvalue weighted by atomic mass is 19.3. The summed E-state index contributed by atoms with van der Waals surface area (Å²) in [5.74, 6) is -2.20. The number of carbonyl (C=O) groups is 1. The monoisotopic (exact) mass is 234 g/mol. The van der Waals surface area contributed by atoms with Crippen LogP contribution in [0.25, 0.3) is 0 Å². The molecule has 0 aromatic carbocycles. The zero-order chi connectivity index (χ0) is 12.3. The third kappa shape index (κ3) is 2.69. The first-order chi connectivity index (χ1) is 7.45. The Balaban J connectivity index is 3.24. The maximum atomic E-state index is 13.2. The van der Waals surface area contributed by atoms with Crippen molar-refractivity contribution in [3.8, 4) is 0 Å². The van der Waals surface area contributed by atoms with Gasteiger partial charge in [-0.1, -0.05) is 0 Å². The van der Waals surface area contributed by atoms with E-state index in [-0.39, 0.29) is 17.8 Å². The second-order valence-corrected chi connectivity index (χ2v) is 3.04. The topological polar surface area (TPSA) is 76.2 Å². The first kappa shape index (κ1) is 12.4. The number of carboxylic acid groups (broad SMARTS) is 1. The standard InChI is InChI=1S/C9H9F3N2O2/c10-5-1-4(2-7(15)16)8(9(11)12)14-6(5)3-13/h1,9H,2-3,13H2,(H,15,16). The molecule has 0 aliphatic heterocycles. The van der Waals surface area contributed by atoms with E-state index in [4.69, 9.17) is 10.8 Å². The number of nitrogens with two attached hydrogens (primary N) is 1. The lowest BCUT2D eigenvalue weighted by Gasteiger charge is -2.08. The van der Waals surface area contributed by atoms with Gasteiger partial charge < -0.3 is 10.8 Å². The minimum absolute atomic E-state index is 0.301. The van der Waals surface area contributed by atoms with Gasteiger partial charge >= 0.3 is 5.97 Å². The van der Waals surface area contributed by atoms with Crippen LogP contribution in [0, 0.1) is 5.82 Å². The Bertz CT molecular complexity index is 410. The van der Waals surface area contributed by atoms with Gasteiger partial charge in [0.25, 0.3) is 6.43 Å². The number of aromatic nitrogens is 1. The average Bonchev–Trinajstić information content (AvgIpc) is 2.16. The van der Waals surface area contributed by atoms with Crippen LogP contribution in [-0.2, 0) is 17.8 Å². The van der Waals surface area contributed by atoms with Crippen molar-refractivity contribution in [2.75, 3.05) is 0 Å². The van der Waals surface area contributed by atoms with E-state index in [1.807, 2.05) is 0 Å². The molecule has 0 fully saturated rings. The molecule has 3 N–H and O–H groups in total. The molecule has 1 aromatic rings. The van der Waals surface area contributed by atoms with Crippen LogP contribution in [0.15, 0.2) is 6.07 Å². The van der Waals surface area contributed by atoms with Crippen molar-refractivity contribution in [2.45, 2.75) is 19.4 Å². The van der Waals surface area contributed by atoms with Gasteiger partial charge in [-0.15, -0.1) is 0 Å². The van der Waals surface area contributed by atoms with Crippen LogP contribution in [-0.4, -0.2) is 16.1 Å². The zero-order valence-corrected chi connectivity index (χ0v) is 8.08. The number of rotatable bonds is 4. The van der Waals surface area contributed by atoms with E-state index in [9.17, 15) is 18.0 Å². The molecule has 0 aliphatic rings. The van der Waals surface area contributed by atoms with Gasteiger partial charge in [0.2, 0.25) is 0 Å². The summed E-state index contributed by atoms with van der Waals surface area (Å²) in [6.45, 7) is -0.321. The molecule has 0 spiro atoms. The second kappa shape index (κ2) is 4.93. The number of hydrogen-bond acceptors (Lipinski definition) is 3. The first-order valence-corrected chi connectivity index (χ1v) is 4.34. The number of carboxylic acids is 1. The van der Waals surface area contributed by atoms with Gasteiger partial charge in [0.1, 0.15) is 11.5 Å². The van der Waals surface area contributed by atoms with Gasteiger partial charge in [0, 0.05) is 6.54 Å². The van der Waals surface area contributed by atoms with Crippen LogP contribution in [0.1, 0.15) is 23.4 Å². The van der Waals surface area contributed by atoms with Gasteiger partial charge in [0.05, 0.1) is 12.1 Å². The van der Waals surface area contributed by atoms with Gasteiger partial charge in [-0.05, 0) is 11.6 Å². The molecule has 0 amide bonds. The molecule has 0 aliphatic carbocycles. The van der Waals surface area contributed by atoms with Crippen LogP contribution in [0.5, 0.6) is 0 Å². The quantitative estimate of drug-likeness (QED) is 0.821. The number of nitrogens with zero attached hydrogens (tertiary/aromatic N) is 1. The maximum Gasteiger partial charge on any atom is 0.307 e. The van der Waals surface area contributed by atoms with E-state index in [1.165, 1.54) is 0 Å². The van der Waals surface area contributed by atoms with Crippen LogP contribution in [0.4, 0.5) is 13.2 Å². The highest BCUT2D eigenvalue weighted by Gasteiger charge is 2.19. The Hall–Kier alpha value is -1.63. The van der Waals surface area contributed by atoms with Crippen molar-refractivity contribution in [2.24, 2.45) is 5.73 Å². The van der Waals surface area contributed by atoms with E-state index in [0.717, 1.165) is 6.07 Å². The summed E-state index contributed by atoms with van der Waals surface area (Å²) in [7, 11) is 0. The van der Waals surface area contributed by atoms with Crippen molar-refractivity contribution < 1.29 is 23.1 Å². The average molecular weight is 234 g/mol. The van der Waals surface area contributed by atoms with E-state index in [1.54, 1.807) is 0 Å². The summed E-state index contributed by atoms with van der Waals surface area (Å²) in [5, 5.41) is 8.47. The van der Waals surface area contributed by atoms with Crippen LogP contribution >= 0.6 is 0 Å². The van der Waals surface area contributed by atoms with Crippen molar-refractivity contribution >= 4 is 5.97 Å².